The molecule has 2 atom stereocenters. The van der Waals surface area contributed by atoms with E-state index in [4.69, 9.17) is 16.3 Å². The molecule has 0 aromatic heterocycles. The second-order valence-electron chi connectivity index (χ2n) is 2.86. The number of esters is 1. The van der Waals surface area contributed by atoms with Crippen LogP contribution >= 0.6 is 11.6 Å². The third kappa shape index (κ3) is 0.544. The fourth-order valence-electron chi connectivity index (χ4n) is 1.34. The first-order valence-electron chi connectivity index (χ1n) is 3.01. The Balaban J connectivity index is 2.17. The first kappa shape index (κ1) is 5.54. The zero-order chi connectivity index (χ0) is 6.48. The van der Waals surface area contributed by atoms with E-state index in [1.165, 1.54) is 0 Å². The molecule has 1 saturated heterocycles. The number of fused-ring (bicyclic) bond motifs is 1. The van der Waals surface area contributed by atoms with Gasteiger partial charge in [-0.3, -0.25) is 4.79 Å². The van der Waals surface area contributed by atoms with Crippen LogP contribution in [0, 0.1) is 11.3 Å². The fourth-order valence-corrected chi connectivity index (χ4v) is 1.71. The maximum absolute atomic E-state index is 10.7. The normalized spacial score (nSPS) is 46.3. The van der Waals surface area contributed by atoms with Crippen LogP contribution in [0.25, 0.3) is 0 Å². The van der Waals surface area contributed by atoms with Gasteiger partial charge in [-0.25, -0.2) is 0 Å². The minimum atomic E-state index is -0.0457. The summed E-state index contributed by atoms with van der Waals surface area (Å²) in [4.78, 5) is 10.7. The van der Waals surface area contributed by atoms with Gasteiger partial charge in [0.15, 0.2) is 0 Å². The van der Waals surface area contributed by atoms with E-state index in [1.807, 2.05) is 0 Å². The molecule has 2 fully saturated rings. The smallest absolute Gasteiger partial charge is 0.309 e. The number of cyclic esters (lactones) is 1. The van der Waals surface area contributed by atoms with E-state index in [0.29, 0.717) is 12.5 Å². The molecule has 50 valence electrons. The van der Waals surface area contributed by atoms with Crippen molar-refractivity contribution in [3.63, 3.8) is 0 Å². The van der Waals surface area contributed by atoms with Crippen molar-refractivity contribution in [2.75, 3.05) is 12.5 Å². The van der Waals surface area contributed by atoms with Gasteiger partial charge in [-0.15, -0.1) is 11.6 Å². The Morgan fingerprint density at radius 1 is 1.89 bits per heavy atom. The first-order chi connectivity index (χ1) is 4.28. The second-order valence-corrected chi connectivity index (χ2v) is 3.13. The molecule has 0 spiro atoms. The van der Waals surface area contributed by atoms with E-state index < -0.39 is 0 Å². The SMILES string of the molecule is O=C1OCC2(CCl)CC12. The minimum Gasteiger partial charge on any atom is -0.465 e. The molecular weight excluding hydrogens is 140 g/mol. The van der Waals surface area contributed by atoms with Crippen molar-refractivity contribution < 1.29 is 9.53 Å². The lowest BCUT2D eigenvalue weighted by Gasteiger charge is -2.01. The molecular formula is C6H7ClO2. The average Bonchev–Trinajstić information content (AvgIpc) is 2.53. The van der Waals surface area contributed by atoms with Gasteiger partial charge in [0, 0.05) is 11.3 Å². The summed E-state index contributed by atoms with van der Waals surface area (Å²) in [6, 6.07) is 0. The van der Waals surface area contributed by atoms with Crippen LogP contribution in [0.5, 0.6) is 0 Å². The summed E-state index contributed by atoms with van der Waals surface area (Å²) in [6.45, 7) is 0.556. The highest BCUT2D eigenvalue weighted by molar-refractivity contribution is 6.19. The standard InChI is InChI=1S/C6H7ClO2/c7-2-6-1-4(6)5(8)9-3-6/h4H,1-3H2. The molecule has 2 aliphatic rings. The molecule has 1 aliphatic carbocycles. The number of halogens is 1. The number of rotatable bonds is 1. The molecule has 1 heterocycles. The topological polar surface area (TPSA) is 26.3 Å². The lowest BCUT2D eigenvalue weighted by molar-refractivity contribution is -0.141. The number of hydrogen-bond donors (Lipinski definition) is 0. The van der Waals surface area contributed by atoms with E-state index >= 15 is 0 Å². The van der Waals surface area contributed by atoms with Gasteiger partial charge >= 0.3 is 5.97 Å². The molecule has 1 saturated carbocycles. The van der Waals surface area contributed by atoms with Crippen LogP contribution in [0.15, 0.2) is 0 Å². The van der Waals surface area contributed by atoms with Crippen molar-refractivity contribution in [2.24, 2.45) is 11.3 Å². The predicted octanol–water partition coefficient (Wildman–Crippen LogP) is 0.788. The maximum Gasteiger partial charge on any atom is 0.309 e. The van der Waals surface area contributed by atoms with Crippen LogP contribution in [-0.4, -0.2) is 18.5 Å². The molecule has 2 unspecified atom stereocenters. The zero-order valence-corrected chi connectivity index (χ0v) is 5.65. The van der Waals surface area contributed by atoms with Crippen molar-refractivity contribution in [2.45, 2.75) is 6.42 Å². The summed E-state index contributed by atoms with van der Waals surface area (Å²) >= 11 is 5.62. The molecule has 9 heavy (non-hydrogen) atoms. The van der Waals surface area contributed by atoms with Crippen LogP contribution in [0.1, 0.15) is 6.42 Å². The van der Waals surface area contributed by atoms with E-state index in [1.54, 1.807) is 0 Å². The fraction of sp³-hybridized carbons (Fsp3) is 0.833. The van der Waals surface area contributed by atoms with Gasteiger partial charge < -0.3 is 4.74 Å². The number of hydrogen-bond acceptors (Lipinski definition) is 2. The summed E-state index contributed by atoms with van der Waals surface area (Å²) in [7, 11) is 0. The van der Waals surface area contributed by atoms with Crippen molar-refractivity contribution >= 4 is 17.6 Å². The Kier molecular flexibility index (Phi) is 0.878. The molecule has 1 aliphatic heterocycles. The largest absolute Gasteiger partial charge is 0.465 e. The number of ether oxygens (including phenoxy) is 1. The predicted molar refractivity (Wildman–Crippen MR) is 32.2 cm³/mol. The number of carbonyl (C=O) groups excluding carboxylic acids is 1. The van der Waals surface area contributed by atoms with Gasteiger partial charge in [-0.1, -0.05) is 0 Å². The molecule has 3 heteroatoms. The summed E-state index contributed by atoms with van der Waals surface area (Å²) in [6.07, 6.45) is 0.954. The van der Waals surface area contributed by atoms with Gasteiger partial charge in [0.25, 0.3) is 0 Å². The summed E-state index contributed by atoms with van der Waals surface area (Å²) < 4.78 is 4.79. The molecule has 0 radical (unpaired) electrons. The minimum absolute atomic E-state index is 0.0457. The highest BCUT2D eigenvalue weighted by Crippen LogP contribution is 2.58. The lowest BCUT2D eigenvalue weighted by Crippen LogP contribution is -2.06. The summed E-state index contributed by atoms with van der Waals surface area (Å²) in [5, 5.41) is 0. The summed E-state index contributed by atoms with van der Waals surface area (Å²) in [5.74, 6) is 0.675. The lowest BCUT2D eigenvalue weighted by atomic mass is 10.1. The van der Waals surface area contributed by atoms with Gasteiger partial charge in [0.1, 0.15) is 0 Å². The van der Waals surface area contributed by atoms with Crippen LogP contribution in [-0.2, 0) is 9.53 Å². The molecule has 2 rings (SSSR count). The molecule has 2 nitrogen and oxygen atoms in total. The monoisotopic (exact) mass is 146 g/mol. The third-order valence-corrected chi connectivity index (χ3v) is 2.77. The Hall–Kier alpha value is -0.240. The Morgan fingerprint density at radius 3 is 2.89 bits per heavy atom. The molecule has 0 aromatic rings. The zero-order valence-electron chi connectivity index (χ0n) is 4.89. The highest BCUT2D eigenvalue weighted by Gasteiger charge is 2.63. The highest BCUT2D eigenvalue weighted by atomic mass is 35.5. The Morgan fingerprint density at radius 2 is 2.67 bits per heavy atom. The quantitative estimate of drug-likeness (QED) is 0.404. The maximum atomic E-state index is 10.7. The molecule has 0 N–H and O–H groups in total. The molecule has 0 bridgehead atoms. The molecule has 0 amide bonds. The van der Waals surface area contributed by atoms with E-state index in [9.17, 15) is 4.79 Å². The van der Waals surface area contributed by atoms with E-state index in [0.717, 1.165) is 6.42 Å². The summed E-state index contributed by atoms with van der Waals surface area (Å²) in [5.41, 5.74) is 0.0681. The van der Waals surface area contributed by atoms with Gasteiger partial charge in [-0.2, -0.15) is 0 Å². The van der Waals surface area contributed by atoms with Crippen molar-refractivity contribution in [1.82, 2.24) is 0 Å². The van der Waals surface area contributed by atoms with E-state index in [-0.39, 0.29) is 17.3 Å². The average molecular weight is 147 g/mol. The van der Waals surface area contributed by atoms with Crippen LogP contribution in [0.3, 0.4) is 0 Å². The number of alkyl halides is 1. The van der Waals surface area contributed by atoms with Crippen molar-refractivity contribution in [3.05, 3.63) is 0 Å². The van der Waals surface area contributed by atoms with Crippen molar-refractivity contribution in [1.29, 1.82) is 0 Å². The van der Waals surface area contributed by atoms with Crippen LogP contribution in [0.4, 0.5) is 0 Å². The van der Waals surface area contributed by atoms with Gasteiger partial charge in [0.2, 0.25) is 0 Å². The third-order valence-electron chi connectivity index (χ3n) is 2.24. The first-order valence-corrected chi connectivity index (χ1v) is 3.54. The Bertz CT molecular complexity index is 168. The number of carbonyl (C=O) groups is 1. The Labute approximate surface area is 58.1 Å². The van der Waals surface area contributed by atoms with Crippen molar-refractivity contribution in [3.8, 4) is 0 Å². The van der Waals surface area contributed by atoms with Gasteiger partial charge in [-0.05, 0) is 6.42 Å². The molecule has 0 aromatic carbocycles. The van der Waals surface area contributed by atoms with E-state index in [2.05, 4.69) is 0 Å². The van der Waals surface area contributed by atoms with Crippen LogP contribution < -0.4 is 0 Å². The second kappa shape index (κ2) is 1.43. The van der Waals surface area contributed by atoms with Gasteiger partial charge in [0.05, 0.1) is 12.5 Å². The van der Waals surface area contributed by atoms with Crippen LogP contribution in [0.2, 0.25) is 0 Å².